The van der Waals surface area contributed by atoms with E-state index in [-0.39, 0.29) is 22.7 Å². The van der Waals surface area contributed by atoms with Crippen molar-refractivity contribution in [2.75, 3.05) is 11.9 Å². The Morgan fingerprint density at radius 1 is 1.59 bits per heavy atom. The van der Waals surface area contributed by atoms with Crippen molar-refractivity contribution in [2.45, 2.75) is 39.3 Å². The molecule has 5 nitrogen and oxygen atoms in total. The lowest BCUT2D eigenvalue weighted by Gasteiger charge is -2.27. The minimum absolute atomic E-state index is 0.0665. The van der Waals surface area contributed by atoms with E-state index in [9.17, 15) is 4.79 Å². The maximum absolute atomic E-state index is 11.7. The van der Waals surface area contributed by atoms with Crippen LogP contribution in [0.15, 0.2) is 11.0 Å². The lowest BCUT2D eigenvalue weighted by Crippen LogP contribution is -2.33. The lowest BCUT2D eigenvalue weighted by atomic mass is 10.0. The van der Waals surface area contributed by atoms with Crippen LogP contribution in [0.25, 0.3) is 0 Å². The number of halogens is 1. The second-order valence-electron chi connectivity index (χ2n) is 4.48. The molecule has 17 heavy (non-hydrogen) atoms. The Labute approximate surface area is 105 Å². The molecule has 0 saturated carbocycles. The van der Waals surface area contributed by atoms with Gasteiger partial charge in [-0.1, -0.05) is 11.6 Å². The van der Waals surface area contributed by atoms with Gasteiger partial charge in [-0.25, -0.2) is 4.68 Å². The topological polar surface area (TPSA) is 67.2 Å². The summed E-state index contributed by atoms with van der Waals surface area (Å²) in [7, 11) is 0. The van der Waals surface area contributed by atoms with E-state index in [2.05, 4.69) is 10.4 Å². The summed E-state index contributed by atoms with van der Waals surface area (Å²) in [5, 5.41) is 16.2. The largest absolute Gasteiger partial charge is 0.396 e. The van der Waals surface area contributed by atoms with Crippen molar-refractivity contribution in [3.05, 3.63) is 21.6 Å². The van der Waals surface area contributed by atoms with Crippen molar-refractivity contribution in [1.82, 2.24) is 9.78 Å². The fraction of sp³-hybridized carbons (Fsp3) is 0.636. The van der Waals surface area contributed by atoms with E-state index in [0.717, 1.165) is 0 Å². The van der Waals surface area contributed by atoms with Crippen LogP contribution in [0.3, 0.4) is 0 Å². The van der Waals surface area contributed by atoms with Crippen molar-refractivity contribution in [2.24, 2.45) is 0 Å². The molecule has 1 aromatic heterocycles. The molecular weight excluding hydrogens is 242 g/mol. The standard InChI is InChI=1S/C11H18ClN3O2/c1-4-15-10(17)9(12)8(7-13-15)14-11(2,3)5-6-16/h7,14,16H,4-6H2,1-3H3. The molecule has 2 N–H and O–H groups in total. The monoisotopic (exact) mass is 259 g/mol. The molecule has 1 aromatic rings. The van der Waals surface area contributed by atoms with Gasteiger partial charge in [0.2, 0.25) is 0 Å². The van der Waals surface area contributed by atoms with E-state index in [1.54, 1.807) is 0 Å². The Balaban J connectivity index is 3.01. The van der Waals surface area contributed by atoms with Gasteiger partial charge in [-0.2, -0.15) is 5.10 Å². The number of aliphatic hydroxyl groups is 1. The lowest BCUT2D eigenvalue weighted by molar-refractivity contribution is 0.261. The number of nitrogens with zero attached hydrogens (tertiary/aromatic N) is 2. The van der Waals surface area contributed by atoms with Crippen LogP contribution in [0.2, 0.25) is 5.02 Å². The fourth-order valence-electron chi connectivity index (χ4n) is 1.48. The number of nitrogens with one attached hydrogen (secondary N) is 1. The second kappa shape index (κ2) is 5.51. The zero-order valence-electron chi connectivity index (χ0n) is 10.3. The molecular formula is C11H18ClN3O2. The van der Waals surface area contributed by atoms with E-state index >= 15 is 0 Å². The Kier molecular flexibility index (Phi) is 4.54. The van der Waals surface area contributed by atoms with Gasteiger partial charge in [0.15, 0.2) is 0 Å². The fourth-order valence-corrected chi connectivity index (χ4v) is 1.68. The molecule has 0 bridgehead atoms. The molecule has 0 amide bonds. The SMILES string of the molecule is CCn1ncc(NC(C)(C)CCO)c(Cl)c1=O. The normalized spacial score (nSPS) is 11.6. The molecule has 0 radical (unpaired) electrons. The summed E-state index contributed by atoms with van der Waals surface area (Å²) in [6.07, 6.45) is 2.09. The van der Waals surface area contributed by atoms with Crippen LogP contribution in [-0.2, 0) is 6.54 Å². The highest BCUT2D eigenvalue weighted by molar-refractivity contribution is 6.32. The van der Waals surface area contributed by atoms with E-state index < -0.39 is 0 Å². The number of hydrogen-bond acceptors (Lipinski definition) is 4. The first-order chi connectivity index (χ1) is 7.91. The molecule has 1 rings (SSSR count). The molecule has 0 fully saturated rings. The van der Waals surface area contributed by atoms with Crippen molar-refractivity contribution < 1.29 is 5.11 Å². The van der Waals surface area contributed by atoms with Gasteiger partial charge in [-0.3, -0.25) is 4.79 Å². The molecule has 0 aliphatic heterocycles. The van der Waals surface area contributed by atoms with Gasteiger partial charge >= 0.3 is 0 Å². The Bertz CT molecular complexity index is 443. The molecule has 1 heterocycles. The van der Waals surface area contributed by atoms with Gasteiger partial charge < -0.3 is 10.4 Å². The molecule has 0 atom stereocenters. The predicted octanol–water partition coefficient (Wildman–Crippen LogP) is 1.49. The van der Waals surface area contributed by atoms with E-state index in [1.807, 2.05) is 20.8 Å². The van der Waals surface area contributed by atoms with Crippen LogP contribution in [0.1, 0.15) is 27.2 Å². The average Bonchev–Trinajstić information content (AvgIpc) is 2.25. The number of aliphatic hydroxyl groups excluding tert-OH is 1. The van der Waals surface area contributed by atoms with E-state index in [4.69, 9.17) is 16.7 Å². The van der Waals surface area contributed by atoms with Crippen LogP contribution < -0.4 is 10.9 Å². The Morgan fingerprint density at radius 3 is 2.76 bits per heavy atom. The third-order valence-corrected chi connectivity index (χ3v) is 2.86. The smallest absolute Gasteiger partial charge is 0.287 e. The highest BCUT2D eigenvalue weighted by atomic mass is 35.5. The minimum Gasteiger partial charge on any atom is -0.396 e. The number of anilines is 1. The quantitative estimate of drug-likeness (QED) is 0.841. The summed E-state index contributed by atoms with van der Waals surface area (Å²) in [6, 6.07) is 0. The van der Waals surface area contributed by atoms with Gasteiger partial charge in [0.25, 0.3) is 5.56 Å². The Hall–Kier alpha value is -1.07. The van der Waals surface area contributed by atoms with Gasteiger partial charge in [0, 0.05) is 18.7 Å². The maximum Gasteiger partial charge on any atom is 0.287 e. The second-order valence-corrected chi connectivity index (χ2v) is 4.85. The van der Waals surface area contributed by atoms with Crippen LogP contribution in [0.5, 0.6) is 0 Å². The van der Waals surface area contributed by atoms with E-state index in [0.29, 0.717) is 18.7 Å². The molecule has 0 spiro atoms. The van der Waals surface area contributed by atoms with Crippen molar-refractivity contribution >= 4 is 17.3 Å². The van der Waals surface area contributed by atoms with Crippen molar-refractivity contribution in [3.8, 4) is 0 Å². The number of aromatic nitrogens is 2. The van der Waals surface area contributed by atoms with Gasteiger partial charge in [-0.05, 0) is 27.2 Å². The third-order valence-electron chi connectivity index (χ3n) is 2.49. The molecule has 0 aliphatic carbocycles. The molecule has 0 aromatic carbocycles. The first-order valence-corrected chi connectivity index (χ1v) is 5.93. The average molecular weight is 260 g/mol. The minimum atomic E-state index is -0.342. The van der Waals surface area contributed by atoms with E-state index in [1.165, 1.54) is 10.9 Å². The van der Waals surface area contributed by atoms with Crippen LogP contribution in [0, 0.1) is 0 Å². The first-order valence-electron chi connectivity index (χ1n) is 5.56. The van der Waals surface area contributed by atoms with Crippen molar-refractivity contribution in [1.29, 1.82) is 0 Å². The molecule has 0 saturated heterocycles. The summed E-state index contributed by atoms with van der Waals surface area (Å²) in [6.45, 7) is 6.22. The summed E-state index contributed by atoms with van der Waals surface area (Å²) in [5.74, 6) is 0. The highest BCUT2D eigenvalue weighted by Crippen LogP contribution is 2.22. The van der Waals surface area contributed by atoms with Gasteiger partial charge in [0.05, 0.1) is 11.9 Å². The maximum atomic E-state index is 11.7. The number of aryl methyl sites for hydroxylation is 1. The summed E-state index contributed by atoms with van der Waals surface area (Å²) < 4.78 is 1.30. The first kappa shape index (κ1) is 14.0. The zero-order valence-corrected chi connectivity index (χ0v) is 11.1. The van der Waals surface area contributed by atoms with Gasteiger partial charge in [0.1, 0.15) is 5.02 Å². The third kappa shape index (κ3) is 3.44. The molecule has 0 aliphatic rings. The summed E-state index contributed by atoms with van der Waals surface area (Å²) in [5.41, 5.74) is -0.149. The molecule has 6 heteroatoms. The van der Waals surface area contributed by atoms with Crippen LogP contribution in [0.4, 0.5) is 5.69 Å². The van der Waals surface area contributed by atoms with Gasteiger partial charge in [-0.15, -0.1) is 0 Å². The highest BCUT2D eigenvalue weighted by Gasteiger charge is 2.19. The zero-order chi connectivity index (χ0) is 13.1. The summed E-state index contributed by atoms with van der Waals surface area (Å²) in [4.78, 5) is 11.7. The van der Waals surface area contributed by atoms with Crippen molar-refractivity contribution in [3.63, 3.8) is 0 Å². The number of hydrogen-bond donors (Lipinski definition) is 2. The molecule has 96 valence electrons. The predicted molar refractivity (Wildman–Crippen MR) is 68.6 cm³/mol. The summed E-state index contributed by atoms with van der Waals surface area (Å²) >= 11 is 5.99. The number of rotatable bonds is 5. The van der Waals surface area contributed by atoms with Crippen LogP contribution in [-0.4, -0.2) is 27.0 Å². The molecule has 0 unspecified atom stereocenters. The van der Waals surface area contributed by atoms with Crippen LogP contribution >= 0.6 is 11.6 Å². The Morgan fingerprint density at radius 2 is 2.24 bits per heavy atom.